The second kappa shape index (κ2) is 40.3. The quantitative estimate of drug-likeness (QED) is 0.0222. The molecule has 1 amide bonds. The van der Waals surface area contributed by atoms with Crippen molar-refractivity contribution in [1.29, 1.82) is 0 Å². The van der Waals surface area contributed by atoms with Gasteiger partial charge in [-0.2, -0.15) is 0 Å². The van der Waals surface area contributed by atoms with Crippen molar-refractivity contribution in [3.63, 3.8) is 0 Å². The summed E-state index contributed by atoms with van der Waals surface area (Å²) in [6, 6.07) is 26.3. The van der Waals surface area contributed by atoms with Gasteiger partial charge in [0.1, 0.15) is 25.4 Å². The third kappa shape index (κ3) is 24.7. The molecule has 5 aromatic carbocycles. The Bertz CT molecular complexity index is 3030. The SMILES string of the molecule is CB(O)NCC(=CF)COc1cccc2c1OCO2.CC(C)(C)OC(=O)NCC(=CF)CBr.Cl.Cl.NC/C(=C/F)COc1cccc2c1OCO2.NC/C(=C\F)COc1cccc2c1OCO2.O=Cc1cccc2c1OCO2.O=Cc1cccc2c1OCO2. The van der Waals surface area contributed by atoms with Crippen LogP contribution in [-0.4, -0.2) is 122 Å². The third-order valence-corrected chi connectivity index (χ3v) is 11.9. The normalized spacial score (nSPS) is 13.1. The van der Waals surface area contributed by atoms with Crippen molar-refractivity contribution in [3.8, 4) is 74.7 Å². The van der Waals surface area contributed by atoms with Crippen LogP contribution in [0.3, 0.4) is 0 Å². The highest BCUT2D eigenvalue weighted by molar-refractivity contribution is 9.09. The highest BCUT2D eigenvalue weighted by atomic mass is 79.9. The second-order valence-corrected chi connectivity index (χ2v) is 19.3. The molecule has 22 nitrogen and oxygen atoms in total. The van der Waals surface area contributed by atoms with E-state index in [1.807, 2.05) is 0 Å². The van der Waals surface area contributed by atoms with E-state index in [4.69, 9.17) is 82.8 Å². The molecule has 30 heteroatoms. The number of amides is 1. The van der Waals surface area contributed by atoms with Crippen LogP contribution in [0.1, 0.15) is 41.5 Å². The van der Waals surface area contributed by atoms with Gasteiger partial charge in [0.25, 0.3) is 0 Å². The first-order valence-corrected chi connectivity index (χ1v) is 27.4. The van der Waals surface area contributed by atoms with E-state index in [9.17, 15) is 31.9 Å². The van der Waals surface area contributed by atoms with Gasteiger partial charge in [0.05, 0.1) is 36.4 Å². The molecule has 0 aliphatic carbocycles. The Kier molecular flexibility index (Phi) is 34.0. The number of alkyl carbamates (subject to hydrolysis) is 1. The summed E-state index contributed by atoms with van der Waals surface area (Å²) in [5, 5.41) is 14.6. The van der Waals surface area contributed by atoms with Crippen molar-refractivity contribution >= 4 is 66.5 Å². The van der Waals surface area contributed by atoms with E-state index in [0.717, 1.165) is 12.6 Å². The summed E-state index contributed by atoms with van der Waals surface area (Å²) in [7, 11) is -0.701. The number of hydrogen-bond donors (Lipinski definition) is 5. The molecule has 5 aliphatic heterocycles. The first-order chi connectivity index (χ1) is 42.1. The fourth-order valence-corrected chi connectivity index (χ4v) is 7.26. The maximum Gasteiger partial charge on any atom is 0.407 e. The van der Waals surface area contributed by atoms with Crippen molar-refractivity contribution in [3.05, 3.63) is 150 Å². The average Bonchev–Trinajstić information content (AvgIpc) is 4.56. The van der Waals surface area contributed by atoms with Crippen molar-refractivity contribution in [2.24, 2.45) is 11.5 Å². The molecule has 5 aliphatic rings. The van der Waals surface area contributed by atoms with Gasteiger partial charge in [-0.25, -0.2) is 22.4 Å². The zero-order valence-electron chi connectivity index (χ0n) is 48.6. The molecule has 5 heterocycles. The molecule has 0 radical (unpaired) electrons. The Morgan fingerprint density at radius 1 is 0.539 bits per heavy atom. The number of hydrogen-bond acceptors (Lipinski definition) is 21. The highest BCUT2D eigenvalue weighted by Crippen LogP contribution is 2.43. The van der Waals surface area contributed by atoms with Crippen LogP contribution in [0.4, 0.5) is 22.4 Å². The molecule has 5 aromatic rings. The lowest BCUT2D eigenvalue weighted by Gasteiger charge is -2.19. The molecule has 484 valence electrons. The molecule has 0 aromatic heterocycles. The molecule has 0 bridgehead atoms. The fourth-order valence-electron chi connectivity index (χ4n) is 6.94. The maximum absolute atomic E-state index is 12.7. The van der Waals surface area contributed by atoms with Gasteiger partial charge in [-0.1, -0.05) is 46.3 Å². The number of rotatable bonds is 19. The Labute approximate surface area is 532 Å². The molecule has 0 unspecified atom stereocenters. The van der Waals surface area contributed by atoms with Gasteiger partial charge in [0.2, 0.25) is 51.2 Å². The van der Waals surface area contributed by atoms with Gasteiger partial charge in [-0.3, -0.25) is 9.59 Å². The number of aldehydes is 2. The molecule has 10 rings (SSSR count). The Hall–Kier alpha value is -8.25. The topological polar surface area (TPSA) is 277 Å². The number of carbonyl (C=O) groups is 3. The minimum Gasteiger partial charge on any atom is -0.485 e. The number of ether oxygens (including phenoxy) is 14. The summed E-state index contributed by atoms with van der Waals surface area (Å²) < 4.78 is 122. The van der Waals surface area contributed by atoms with Crippen molar-refractivity contribution < 1.29 is 103 Å². The average molecular weight is 1360 g/mol. The minimum absolute atomic E-state index is 0. The van der Waals surface area contributed by atoms with Gasteiger partial charge in [0, 0.05) is 48.2 Å². The predicted octanol–water partition coefficient (Wildman–Crippen LogP) is 10.6. The first kappa shape index (κ1) is 75.0. The number of halogens is 7. The molecule has 0 fully saturated rings. The number of nitrogens with two attached hydrogens (primary N) is 2. The molecule has 0 atom stereocenters. The van der Waals surface area contributed by atoms with E-state index in [1.54, 1.807) is 119 Å². The number of alkyl halides is 1. The molecule has 89 heavy (non-hydrogen) atoms. The summed E-state index contributed by atoms with van der Waals surface area (Å²) >= 11 is 3.09. The third-order valence-electron chi connectivity index (χ3n) is 11.2. The lowest BCUT2D eigenvalue weighted by Crippen LogP contribution is -2.33. The van der Waals surface area contributed by atoms with E-state index < -0.39 is 18.7 Å². The standard InChI is InChI=1S/C12H15BFNO4.2C11H12FNO3.C9H15BrFNO2.2C8H6O3.2ClH/c1-13(16)15-6-9(5-14)7-17-10-3-2-4-11-12(10)19-8-18-11;2*12-4-8(5-13)6-14-9-2-1-3-10-11(9)16-7-15-10;1-9(2,3)14-8(13)12-6-7(4-10)5-11;2*9-4-6-2-1-3-7-8(6)11-5-10-7;;/h2-5,15-16H,6-8H2,1H3;2*1-4H,5-7,13H2;5H,4,6H2,1-3H3,(H,12,13);2*1-4H,5H2;2*1H/b;8-4+;8-4-;;;;;. The second-order valence-electron chi connectivity index (χ2n) is 18.8. The van der Waals surface area contributed by atoms with Crippen LogP contribution < -0.4 is 83.6 Å². The monoisotopic (exact) mass is 1360 g/mol. The number of benzene rings is 5. The smallest absolute Gasteiger partial charge is 0.407 e. The summed E-state index contributed by atoms with van der Waals surface area (Å²) in [5.74, 6) is 7.50. The van der Waals surface area contributed by atoms with Gasteiger partial charge < -0.3 is 93.4 Å². The zero-order valence-corrected chi connectivity index (χ0v) is 51.9. The van der Waals surface area contributed by atoms with Crippen LogP contribution in [-0.2, 0) is 4.74 Å². The van der Waals surface area contributed by atoms with Crippen molar-refractivity contribution in [2.45, 2.75) is 33.2 Å². The minimum atomic E-state index is -0.701. The van der Waals surface area contributed by atoms with Crippen LogP contribution in [0, 0.1) is 0 Å². The van der Waals surface area contributed by atoms with Gasteiger partial charge >= 0.3 is 13.1 Å². The largest absolute Gasteiger partial charge is 0.485 e. The van der Waals surface area contributed by atoms with E-state index in [-0.39, 0.29) is 105 Å². The van der Waals surface area contributed by atoms with Crippen molar-refractivity contribution in [1.82, 2.24) is 10.5 Å². The molecule has 7 N–H and O–H groups in total. The number of fused-ring (bicyclic) bond motifs is 5. The summed E-state index contributed by atoms with van der Waals surface area (Å²) in [6.45, 7) is 8.68. The van der Waals surface area contributed by atoms with Crippen LogP contribution in [0.25, 0.3) is 0 Å². The van der Waals surface area contributed by atoms with E-state index in [1.165, 1.54) is 0 Å². The predicted molar refractivity (Wildman–Crippen MR) is 329 cm³/mol. The van der Waals surface area contributed by atoms with E-state index in [0.29, 0.717) is 139 Å². The molecular formula is C59H68BBrCl2F4N4O18. The Balaban J connectivity index is 0.000000280. The summed E-state index contributed by atoms with van der Waals surface area (Å²) in [6.07, 6.45) is 2.82. The molecular weight excluding hydrogens is 1290 g/mol. The maximum atomic E-state index is 12.7. The number of carbonyl (C=O) groups excluding carboxylic acids is 3. The molecule has 0 saturated heterocycles. The first-order valence-electron chi connectivity index (χ1n) is 26.3. The Morgan fingerprint density at radius 3 is 1.17 bits per heavy atom. The van der Waals surface area contributed by atoms with Gasteiger partial charge in [-0.15, -0.1) is 24.8 Å². The summed E-state index contributed by atoms with van der Waals surface area (Å²) in [5.41, 5.74) is 12.8. The summed E-state index contributed by atoms with van der Waals surface area (Å²) in [4.78, 5) is 32.0. The van der Waals surface area contributed by atoms with Crippen LogP contribution in [0.5, 0.6) is 74.7 Å². The number of nitrogens with one attached hydrogen (secondary N) is 2. The molecule has 0 spiro atoms. The van der Waals surface area contributed by atoms with E-state index >= 15 is 0 Å². The highest BCUT2D eigenvalue weighted by Gasteiger charge is 2.22. The molecule has 0 saturated carbocycles. The van der Waals surface area contributed by atoms with Gasteiger partial charge in [0.15, 0.2) is 70.1 Å². The number of para-hydroxylation sites is 5. The van der Waals surface area contributed by atoms with Crippen LogP contribution in [0.15, 0.2) is 139 Å². The van der Waals surface area contributed by atoms with Gasteiger partial charge in [-0.05, 0) is 93.8 Å². The Morgan fingerprint density at radius 2 is 0.865 bits per heavy atom. The van der Waals surface area contributed by atoms with E-state index in [2.05, 4.69) is 26.5 Å². The van der Waals surface area contributed by atoms with Crippen LogP contribution in [0.2, 0.25) is 6.82 Å². The van der Waals surface area contributed by atoms with Crippen molar-refractivity contribution in [2.75, 3.05) is 85.3 Å². The van der Waals surface area contributed by atoms with Crippen LogP contribution >= 0.6 is 40.7 Å². The fraction of sp³-hybridized carbons (Fsp3) is 0.305. The lowest BCUT2D eigenvalue weighted by molar-refractivity contribution is 0.0532. The zero-order chi connectivity index (χ0) is 63.0. The lowest BCUT2D eigenvalue weighted by atomic mass is 9.88.